The van der Waals surface area contributed by atoms with Crippen molar-refractivity contribution < 1.29 is 32.7 Å². The van der Waals surface area contributed by atoms with Crippen molar-refractivity contribution in [2.24, 2.45) is 5.73 Å². The third-order valence-corrected chi connectivity index (χ3v) is 5.59. The van der Waals surface area contributed by atoms with Crippen LogP contribution in [0.5, 0.6) is 0 Å². The monoisotopic (exact) mass is 518 g/mol. The van der Waals surface area contributed by atoms with Gasteiger partial charge in [-0.1, -0.05) is 12.1 Å². The van der Waals surface area contributed by atoms with E-state index in [0.29, 0.717) is 4.57 Å². The van der Waals surface area contributed by atoms with Crippen LogP contribution in [-0.4, -0.2) is 78.8 Å². The van der Waals surface area contributed by atoms with Gasteiger partial charge < -0.3 is 20.6 Å². The Morgan fingerprint density at radius 2 is 1.70 bits per heavy atom. The normalized spacial score (nSPS) is 13.9. The zero-order valence-electron chi connectivity index (χ0n) is 18.7. The van der Waals surface area contributed by atoms with E-state index >= 15 is 0 Å². The summed E-state index contributed by atoms with van der Waals surface area (Å²) in [5.74, 6) is -2.65. The van der Waals surface area contributed by atoms with E-state index in [2.05, 4.69) is 20.2 Å². The molecule has 1 fully saturated rings. The van der Waals surface area contributed by atoms with Gasteiger partial charge in [0.2, 0.25) is 0 Å². The number of aromatic nitrogens is 5. The first-order valence-corrected chi connectivity index (χ1v) is 10.5. The fourth-order valence-corrected chi connectivity index (χ4v) is 3.96. The summed E-state index contributed by atoms with van der Waals surface area (Å²) in [6.45, 7) is -0.188. The second-order valence-corrected chi connectivity index (χ2v) is 7.74. The van der Waals surface area contributed by atoms with E-state index < -0.39 is 46.6 Å². The highest BCUT2D eigenvalue weighted by Gasteiger charge is 2.37. The number of piperazine rings is 1. The maximum atomic E-state index is 13.4. The van der Waals surface area contributed by atoms with Gasteiger partial charge in [0, 0.05) is 26.2 Å². The van der Waals surface area contributed by atoms with Gasteiger partial charge in [0.15, 0.2) is 11.5 Å². The summed E-state index contributed by atoms with van der Waals surface area (Å²) in [6, 6.07) is 3.19. The second-order valence-electron chi connectivity index (χ2n) is 7.74. The molecular weight excluding hydrogens is 501 g/mol. The summed E-state index contributed by atoms with van der Waals surface area (Å²) in [4.78, 5) is 58.8. The number of nitrogens with two attached hydrogens (primary N) is 1. The molecule has 3 N–H and O–H groups in total. The molecule has 2 aromatic heterocycles. The first-order chi connectivity index (χ1) is 17.5. The average Bonchev–Trinajstić information content (AvgIpc) is 2.87. The Morgan fingerprint density at radius 3 is 2.32 bits per heavy atom. The lowest BCUT2D eigenvalue weighted by molar-refractivity contribution is -0.138. The van der Waals surface area contributed by atoms with Gasteiger partial charge in [-0.15, -0.1) is 5.10 Å². The number of carboxylic acid groups (broad SMARTS) is 1. The highest BCUT2D eigenvalue weighted by molar-refractivity contribution is 5.98. The Hall–Kier alpha value is -4.89. The molecule has 3 aromatic rings. The van der Waals surface area contributed by atoms with Crippen LogP contribution in [0.4, 0.5) is 23.7 Å². The van der Waals surface area contributed by atoms with E-state index in [1.54, 1.807) is 0 Å². The lowest BCUT2D eigenvalue weighted by atomic mass is 10.0. The van der Waals surface area contributed by atoms with Crippen molar-refractivity contribution in [3.8, 4) is 11.4 Å². The number of hydrogen-bond donors (Lipinski definition) is 2. The molecule has 1 aromatic carbocycles. The SMILES string of the molecule is NC(=O)n1c(-c2cnnc(C(=O)O)c2N2CCN(C(=O)c3ccccc3C(F)(F)F)CC2)ncnc1=O. The minimum absolute atomic E-state index is 0.0230. The number of benzene rings is 1. The number of aromatic carboxylic acids is 1. The lowest BCUT2D eigenvalue weighted by Crippen LogP contribution is -2.49. The number of primary amides is 1. The fourth-order valence-electron chi connectivity index (χ4n) is 3.96. The maximum absolute atomic E-state index is 13.4. The fraction of sp³-hybridized carbons (Fsp3) is 0.238. The molecule has 2 amide bonds. The van der Waals surface area contributed by atoms with Crippen molar-refractivity contribution in [2.75, 3.05) is 31.1 Å². The third-order valence-electron chi connectivity index (χ3n) is 5.59. The molecule has 16 heteroatoms. The Kier molecular flexibility index (Phi) is 6.56. The van der Waals surface area contributed by atoms with Crippen molar-refractivity contribution >= 4 is 23.6 Å². The number of carboxylic acids is 1. The molecule has 0 saturated carbocycles. The summed E-state index contributed by atoms with van der Waals surface area (Å²) in [5.41, 5.74) is 1.96. The standard InChI is InChI=1S/C21H17F3N8O5/c22-21(23,24)13-4-2-1-3-11(13)17(33)31-7-5-30(6-8-31)15-12(9-28-29-14(15)18(34)35)16-26-10-27-20(37)32(16)19(25)36/h1-4,9-10H,5-8H2,(H2,25,36)(H,34,35). The third kappa shape index (κ3) is 4.80. The smallest absolute Gasteiger partial charge is 0.417 e. The Bertz CT molecular complexity index is 1450. The summed E-state index contributed by atoms with van der Waals surface area (Å²) in [5, 5.41) is 17.0. The number of hydrogen-bond acceptors (Lipinski definition) is 9. The van der Waals surface area contributed by atoms with Crippen LogP contribution in [0.25, 0.3) is 11.4 Å². The van der Waals surface area contributed by atoms with E-state index in [0.717, 1.165) is 24.7 Å². The lowest BCUT2D eigenvalue weighted by Gasteiger charge is -2.37. The Balaban J connectivity index is 1.69. The van der Waals surface area contributed by atoms with Gasteiger partial charge in [0.1, 0.15) is 6.33 Å². The molecular formula is C21H17F3N8O5. The number of rotatable bonds is 4. The van der Waals surface area contributed by atoms with E-state index in [9.17, 15) is 37.5 Å². The highest BCUT2D eigenvalue weighted by atomic mass is 19.4. The topological polar surface area (TPSA) is 178 Å². The van der Waals surface area contributed by atoms with Crippen molar-refractivity contribution in [1.29, 1.82) is 0 Å². The van der Waals surface area contributed by atoms with Crippen LogP contribution >= 0.6 is 0 Å². The quantitative estimate of drug-likeness (QED) is 0.500. The molecule has 13 nitrogen and oxygen atoms in total. The van der Waals surface area contributed by atoms with E-state index in [1.165, 1.54) is 21.9 Å². The number of halogens is 3. The largest absolute Gasteiger partial charge is 0.476 e. The molecule has 1 aliphatic rings. The molecule has 3 heterocycles. The van der Waals surface area contributed by atoms with Gasteiger partial charge in [0.05, 0.1) is 28.6 Å². The van der Waals surface area contributed by atoms with E-state index in [-0.39, 0.29) is 43.3 Å². The Labute approximate surface area is 205 Å². The van der Waals surface area contributed by atoms with Crippen molar-refractivity contribution in [1.82, 2.24) is 29.6 Å². The molecule has 0 unspecified atom stereocenters. The molecule has 1 saturated heterocycles. The van der Waals surface area contributed by atoms with E-state index in [4.69, 9.17) is 5.73 Å². The highest BCUT2D eigenvalue weighted by Crippen LogP contribution is 2.34. The van der Waals surface area contributed by atoms with E-state index in [1.807, 2.05) is 0 Å². The summed E-state index contributed by atoms with van der Waals surface area (Å²) >= 11 is 0. The van der Waals surface area contributed by atoms with Crippen LogP contribution < -0.4 is 16.3 Å². The number of anilines is 1. The van der Waals surface area contributed by atoms with Gasteiger partial charge in [-0.2, -0.15) is 27.8 Å². The van der Waals surface area contributed by atoms with Gasteiger partial charge in [-0.3, -0.25) is 4.79 Å². The predicted molar refractivity (Wildman–Crippen MR) is 119 cm³/mol. The number of amides is 2. The maximum Gasteiger partial charge on any atom is 0.417 e. The molecule has 0 aliphatic carbocycles. The molecule has 0 bridgehead atoms. The zero-order chi connectivity index (χ0) is 26.9. The zero-order valence-corrected chi connectivity index (χ0v) is 18.7. The van der Waals surface area contributed by atoms with Gasteiger partial charge >= 0.3 is 23.9 Å². The molecule has 0 spiro atoms. The van der Waals surface area contributed by atoms with Gasteiger partial charge in [0.25, 0.3) is 5.91 Å². The van der Waals surface area contributed by atoms with Crippen molar-refractivity contribution in [2.45, 2.75) is 6.18 Å². The van der Waals surface area contributed by atoms with Crippen molar-refractivity contribution in [3.63, 3.8) is 0 Å². The van der Waals surface area contributed by atoms with Crippen LogP contribution in [0.15, 0.2) is 41.6 Å². The van der Waals surface area contributed by atoms with Crippen LogP contribution in [-0.2, 0) is 6.18 Å². The molecule has 0 atom stereocenters. The van der Waals surface area contributed by atoms with Gasteiger partial charge in [-0.05, 0) is 12.1 Å². The molecule has 37 heavy (non-hydrogen) atoms. The molecule has 192 valence electrons. The number of carbonyl (C=O) groups is 3. The Morgan fingerprint density at radius 1 is 1.03 bits per heavy atom. The minimum Gasteiger partial charge on any atom is -0.476 e. The van der Waals surface area contributed by atoms with Crippen LogP contribution in [0.3, 0.4) is 0 Å². The number of carbonyl (C=O) groups excluding carboxylic acids is 2. The van der Waals surface area contributed by atoms with Crippen molar-refractivity contribution in [3.05, 3.63) is 64.1 Å². The average molecular weight is 518 g/mol. The minimum atomic E-state index is -4.73. The number of nitrogens with zero attached hydrogens (tertiary/aromatic N) is 7. The van der Waals surface area contributed by atoms with Crippen LogP contribution in [0, 0.1) is 0 Å². The predicted octanol–water partition coefficient (Wildman–Crippen LogP) is 0.701. The second kappa shape index (κ2) is 9.63. The number of alkyl halides is 3. The first kappa shape index (κ1) is 25.2. The molecule has 4 rings (SSSR count). The summed E-state index contributed by atoms with van der Waals surface area (Å²) in [6.07, 6.45) is -2.79. The van der Waals surface area contributed by atoms with Gasteiger partial charge in [-0.25, -0.2) is 19.4 Å². The first-order valence-electron chi connectivity index (χ1n) is 10.5. The summed E-state index contributed by atoms with van der Waals surface area (Å²) < 4.78 is 40.6. The van der Waals surface area contributed by atoms with Crippen LogP contribution in [0.2, 0.25) is 0 Å². The summed E-state index contributed by atoms with van der Waals surface area (Å²) in [7, 11) is 0. The van der Waals surface area contributed by atoms with Crippen LogP contribution in [0.1, 0.15) is 26.4 Å². The molecule has 0 radical (unpaired) electrons. The molecule has 1 aliphatic heterocycles.